The number of aliphatic hydroxyl groups is 1. The van der Waals surface area contributed by atoms with Crippen molar-refractivity contribution in [1.29, 1.82) is 0 Å². The molecule has 2 N–H and O–H groups in total. The van der Waals surface area contributed by atoms with Crippen LogP contribution in [0.15, 0.2) is 0 Å². The Kier molecular flexibility index (Phi) is 25.9. The molecule has 0 amide bonds. The van der Waals surface area contributed by atoms with Gasteiger partial charge in [0.15, 0.2) is 0 Å². The lowest BCUT2D eigenvalue weighted by atomic mass is 10.1. The highest BCUT2D eigenvalue weighted by Gasteiger charge is 2.08. The van der Waals surface area contributed by atoms with Gasteiger partial charge in [0.2, 0.25) is 0 Å². The molecule has 1 atom stereocenters. The number of hydrogen-bond donors (Lipinski definition) is 2. The van der Waals surface area contributed by atoms with E-state index in [4.69, 9.17) is 14.9 Å². The number of carboxylic acids is 1. The first-order valence-electron chi connectivity index (χ1n) is 12.0. The minimum atomic E-state index is -0.992. The van der Waals surface area contributed by atoms with Crippen LogP contribution < -0.4 is 0 Å². The van der Waals surface area contributed by atoms with E-state index in [1.54, 1.807) is 0 Å². The van der Waals surface area contributed by atoms with Crippen molar-refractivity contribution in [3.8, 4) is 0 Å². The Morgan fingerprint density at radius 3 is 1.45 bits per heavy atom. The van der Waals surface area contributed by atoms with Crippen LogP contribution in [0.1, 0.15) is 130 Å². The molecule has 5 nitrogen and oxygen atoms in total. The molecular formula is C24H48O5. The zero-order valence-corrected chi connectivity index (χ0v) is 19.4. The Labute approximate surface area is 179 Å². The van der Waals surface area contributed by atoms with Gasteiger partial charge in [0.05, 0.1) is 6.61 Å². The second-order valence-electron chi connectivity index (χ2n) is 7.94. The molecular weight excluding hydrogens is 368 g/mol. The van der Waals surface area contributed by atoms with Gasteiger partial charge in [-0.2, -0.15) is 0 Å². The molecule has 0 radical (unpaired) electrons. The summed E-state index contributed by atoms with van der Waals surface area (Å²) in [5, 5.41) is 17.2. The highest BCUT2D eigenvalue weighted by atomic mass is 16.5. The highest BCUT2D eigenvalue weighted by Crippen LogP contribution is 2.10. The van der Waals surface area contributed by atoms with Gasteiger partial charge >= 0.3 is 11.9 Å². The number of unbranched alkanes of at least 4 members (excludes halogenated alkanes) is 14. The van der Waals surface area contributed by atoms with E-state index >= 15 is 0 Å². The van der Waals surface area contributed by atoms with Crippen molar-refractivity contribution in [1.82, 2.24) is 0 Å². The Hall–Kier alpha value is -1.10. The minimum absolute atomic E-state index is 0.339. The first-order chi connectivity index (χ1) is 14.0. The van der Waals surface area contributed by atoms with Gasteiger partial charge in [-0.3, -0.25) is 4.79 Å². The molecule has 29 heavy (non-hydrogen) atoms. The molecule has 0 aliphatic rings. The fraction of sp³-hybridized carbons (Fsp3) is 0.917. The molecule has 0 rings (SSSR count). The number of hydrogen-bond acceptors (Lipinski definition) is 4. The second kappa shape index (κ2) is 24.9. The summed E-state index contributed by atoms with van der Waals surface area (Å²) in [6, 6.07) is 0. The summed E-state index contributed by atoms with van der Waals surface area (Å²) in [5.74, 6) is -1.17. The molecule has 0 bridgehead atoms. The van der Waals surface area contributed by atoms with Gasteiger partial charge in [-0.15, -0.1) is 0 Å². The fourth-order valence-electron chi connectivity index (χ4n) is 2.94. The summed E-state index contributed by atoms with van der Waals surface area (Å²) in [6.45, 7) is 6.29. The molecule has 174 valence electrons. The lowest BCUT2D eigenvalue weighted by Gasteiger charge is -2.06. The Balaban J connectivity index is 0. The van der Waals surface area contributed by atoms with E-state index in [2.05, 4.69) is 13.8 Å². The van der Waals surface area contributed by atoms with Gasteiger partial charge in [-0.1, -0.05) is 104 Å². The van der Waals surface area contributed by atoms with Crippen LogP contribution in [0, 0.1) is 0 Å². The van der Waals surface area contributed by atoms with Crippen LogP contribution in [0.5, 0.6) is 0 Å². The summed E-state index contributed by atoms with van der Waals surface area (Å²) in [6.07, 6.45) is 18.9. The standard InChI is InChI=1S/C15H30O3.C9H18O2/c1-3-4-5-6-7-8-9-10-11-12-13-18-15(17)14(2)16;1-2-3-4-5-6-7-8-9(10)11/h14,16H,3-13H2,1-2H3;2-8H2,1H3,(H,10,11). The highest BCUT2D eigenvalue weighted by molar-refractivity contribution is 5.73. The number of rotatable bonds is 19. The van der Waals surface area contributed by atoms with Gasteiger partial charge in [0.25, 0.3) is 0 Å². The fourth-order valence-corrected chi connectivity index (χ4v) is 2.94. The van der Waals surface area contributed by atoms with Crippen molar-refractivity contribution in [3.05, 3.63) is 0 Å². The van der Waals surface area contributed by atoms with E-state index in [1.165, 1.54) is 84.0 Å². The van der Waals surface area contributed by atoms with Crippen molar-refractivity contribution in [2.75, 3.05) is 6.61 Å². The summed E-state index contributed by atoms with van der Waals surface area (Å²) >= 11 is 0. The number of carbonyl (C=O) groups excluding carboxylic acids is 1. The molecule has 0 aromatic carbocycles. The monoisotopic (exact) mass is 416 g/mol. The molecule has 0 aromatic rings. The lowest BCUT2D eigenvalue weighted by molar-refractivity contribution is -0.152. The summed E-state index contributed by atoms with van der Waals surface area (Å²) < 4.78 is 4.89. The average Bonchev–Trinajstić information content (AvgIpc) is 2.68. The zero-order valence-electron chi connectivity index (χ0n) is 19.4. The van der Waals surface area contributed by atoms with Crippen LogP contribution in [-0.2, 0) is 14.3 Å². The third-order valence-electron chi connectivity index (χ3n) is 4.83. The molecule has 0 aliphatic carbocycles. The largest absolute Gasteiger partial charge is 0.481 e. The molecule has 5 heteroatoms. The van der Waals surface area contributed by atoms with E-state index in [-0.39, 0.29) is 0 Å². The predicted molar refractivity (Wildman–Crippen MR) is 120 cm³/mol. The van der Waals surface area contributed by atoms with E-state index in [0.717, 1.165) is 25.7 Å². The van der Waals surface area contributed by atoms with E-state index in [0.29, 0.717) is 13.0 Å². The number of ether oxygens (including phenoxy) is 1. The SMILES string of the molecule is CCCCCCCCC(=O)O.CCCCCCCCCCCCOC(=O)C(C)O. The maximum atomic E-state index is 10.9. The second-order valence-corrected chi connectivity index (χ2v) is 7.94. The quantitative estimate of drug-likeness (QED) is 0.182. The lowest BCUT2D eigenvalue weighted by Crippen LogP contribution is -2.19. The molecule has 0 saturated heterocycles. The van der Waals surface area contributed by atoms with Gasteiger partial charge in [0.1, 0.15) is 6.10 Å². The normalized spacial score (nSPS) is 11.4. The van der Waals surface area contributed by atoms with Crippen molar-refractivity contribution >= 4 is 11.9 Å². The first kappa shape index (κ1) is 30.1. The van der Waals surface area contributed by atoms with Crippen molar-refractivity contribution in [2.24, 2.45) is 0 Å². The Morgan fingerprint density at radius 1 is 0.690 bits per heavy atom. The van der Waals surface area contributed by atoms with Crippen LogP contribution in [0.25, 0.3) is 0 Å². The van der Waals surface area contributed by atoms with Crippen LogP contribution in [0.2, 0.25) is 0 Å². The van der Waals surface area contributed by atoms with Crippen LogP contribution in [-0.4, -0.2) is 34.9 Å². The van der Waals surface area contributed by atoms with Crippen molar-refractivity contribution in [2.45, 2.75) is 136 Å². The number of aliphatic carboxylic acids is 1. The average molecular weight is 417 g/mol. The van der Waals surface area contributed by atoms with E-state index in [1.807, 2.05) is 0 Å². The summed E-state index contributed by atoms with van der Waals surface area (Å²) in [5.41, 5.74) is 0. The molecule has 1 unspecified atom stereocenters. The predicted octanol–water partition coefficient (Wildman–Crippen LogP) is 6.65. The zero-order chi connectivity index (χ0) is 22.2. The van der Waals surface area contributed by atoms with Gasteiger partial charge in [-0.25, -0.2) is 4.79 Å². The number of carboxylic acid groups (broad SMARTS) is 1. The minimum Gasteiger partial charge on any atom is -0.481 e. The van der Waals surface area contributed by atoms with Gasteiger partial charge in [0, 0.05) is 6.42 Å². The maximum absolute atomic E-state index is 10.9. The third kappa shape index (κ3) is 29.2. The Morgan fingerprint density at radius 2 is 1.07 bits per heavy atom. The van der Waals surface area contributed by atoms with Crippen LogP contribution in [0.3, 0.4) is 0 Å². The number of esters is 1. The number of aliphatic hydroxyl groups excluding tert-OH is 1. The smallest absolute Gasteiger partial charge is 0.334 e. The number of carbonyl (C=O) groups is 2. The summed E-state index contributed by atoms with van der Waals surface area (Å²) in [4.78, 5) is 21.0. The summed E-state index contributed by atoms with van der Waals surface area (Å²) in [7, 11) is 0. The first-order valence-corrected chi connectivity index (χ1v) is 12.0. The maximum Gasteiger partial charge on any atom is 0.334 e. The molecule has 0 fully saturated rings. The molecule has 0 aliphatic heterocycles. The van der Waals surface area contributed by atoms with E-state index < -0.39 is 18.0 Å². The molecule has 0 aromatic heterocycles. The van der Waals surface area contributed by atoms with Crippen molar-refractivity contribution in [3.63, 3.8) is 0 Å². The van der Waals surface area contributed by atoms with Crippen LogP contribution in [0.4, 0.5) is 0 Å². The molecule has 0 saturated carbocycles. The van der Waals surface area contributed by atoms with Crippen LogP contribution >= 0.6 is 0 Å². The van der Waals surface area contributed by atoms with E-state index in [9.17, 15) is 9.59 Å². The topological polar surface area (TPSA) is 83.8 Å². The van der Waals surface area contributed by atoms with Gasteiger partial charge in [-0.05, 0) is 19.8 Å². The molecule has 0 spiro atoms. The Bertz CT molecular complexity index is 355. The molecule has 0 heterocycles. The third-order valence-corrected chi connectivity index (χ3v) is 4.83. The van der Waals surface area contributed by atoms with Crippen molar-refractivity contribution < 1.29 is 24.5 Å². The van der Waals surface area contributed by atoms with Gasteiger partial charge < -0.3 is 14.9 Å².